The lowest BCUT2D eigenvalue weighted by Gasteiger charge is -2.34. The molecule has 3 saturated heterocycles. The highest BCUT2D eigenvalue weighted by molar-refractivity contribution is 5.77. The Morgan fingerprint density at radius 3 is 2.53 bits per heavy atom. The molecule has 2 N–H and O–H groups in total. The van der Waals surface area contributed by atoms with Crippen LogP contribution in [-0.4, -0.2) is 82.3 Å². The second-order valence-electron chi connectivity index (χ2n) is 11.4. The van der Waals surface area contributed by atoms with Crippen LogP contribution >= 0.6 is 0 Å². The summed E-state index contributed by atoms with van der Waals surface area (Å²) in [6, 6.07) is 0.590. The minimum Gasteiger partial charge on any atom is -0.490 e. The quantitative estimate of drug-likeness (QED) is 0.521. The van der Waals surface area contributed by atoms with E-state index in [1.807, 2.05) is 4.90 Å². The molecule has 2 aromatic rings. The van der Waals surface area contributed by atoms with Crippen LogP contribution < -0.4 is 20.3 Å². The highest BCUT2D eigenvalue weighted by atomic mass is 16.5. The third-order valence-electron chi connectivity index (χ3n) is 8.39. The number of rotatable bonds is 9. The van der Waals surface area contributed by atoms with Crippen molar-refractivity contribution >= 4 is 17.9 Å². The van der Waals surface area contributed by atoms with Gasteiger partial charge >= 0.3 is 6.01 Å². The molecule has 0 saturated carbocycles. The van der Waals surface area contributed by atoms with Gasteiger partial charge in [0.05, 0.1) is 25.0 Å². The number of likely N-dealkylation sites (tertiary alicyclic amines) is 1. The van der Waals surface area contributed by atoms with E-state index in [0.29, 0.717) is 55.7 Å². The van der Waals surface area contributed by atoms with Crippen LogP contribution in [0.25, 0.3) is 0 Å². The molecule has 5 rings (SSSR count). The number of hydrogen-bond acceptors (Lipinski definition) is 10. The molecule has 5 heterocycles. The average Bonchev–Trinajstić information content (AvgIpc) is 3.57. The Labute approximate surface area is 225 Å². The number of amides is 1. The van der Waals surface area contributed by atoms with Crippen molar-refractivity contribution in [1.29, 1.82) is 0 Å². The zero-order chi connectivity index (χ0) is 26.6. The van der Waals surface area contributed by atoms with Gasteiger partial charge in [0.2, 0.25) is 11.9 Å². The Morgan fingerprint density at radius 2 is 1.84 bits per heavy atom. The van der Waals surface area contributed by atoms with Crippen molar-refractivity contribution in [1.82, 2.24) is 25.0 Å². The number of aromatic nitrogens is 4. The molecule has 0 unspecified atom stereocenters. The Bertz CT molecular complexity index is 1050. The molecular formula is C27H42N8O3. The number of ether oxygens (including phenoxy) is 1. The molecule has 1 amide bonds. The van der Waals surface area contributed by atoms with Crippen LogP contribution in [-0.2, 0) is 4.79 Å². The Kier molecular flexibility index (Phi) is 8.30. The summed E-state index contributed by atoms with van der Waals surface area (Å²) in [7, 11) is 0. The lowest BCUT2D eigenvalue weighted by atomic mass is 9.84. The maximum Gasteiger partial charge on any atom is 0.324 e. The van der Waals surface area contributed by atoms with E-state index in [2.05, 4.69) is 50.7 Å². The van der Waals surface area contributed by atoms with E-state index in [1.165, 1.54) is 0 Å². The van der Waals surface area contributed by atoms with E-state index in [9.17, 15) is 4.79 Å². The number of carbonyl (C=O) groups excluding carboxylic acids is 1. The van der Waals surface area contributed by atoms with Gasteiger partial charge in [-0.1, -0.05) is 25.9 Å². The number of piperidine rings is 2. The summed E-state index contributed by atoms with van der Waals surface area (Å²) in [5.74, 6) is 3.80. The SMILES string of the molecule is CC(C)c1noc(N2CCC([C@H](C)CCOc3cnc(N4C[C@H](N)[C@@H](N5CCCCC5=O)C4)nc3)CC2)n1. The minimum absolute atomic E-state index is 0.0280. The molecule has 0 radical (unpaired) electrons. The first kappa shape index (κ1) is 26.6. The first-order valence-corrected chi connectivity index (χ1v) is 14.2. The number of nitrogens with zero attached hydrogens (tertiary/aromatic N) is 7. The van der Waals surface area contributed by atoms with Crippen LogP contribution in [0, 0.1) is 11.8 Å². The van der Waals surface area contributed by atoms with Crippen LogP contribution in [0.3, 0.4) is 0 Å². The lowest BCUT2D eigenvalue weighted by molar-refractivity contribution is -0.135. The average molecular weight is 527 g/mol. The fraction of sp³-hybridized carbons (Fsp3) is 0.741. The fourth-order valence-electron chi connectivity index (χ4n) is 5.88. The normalized spacial score (nSPS) is 23.9. The number of nitrogens with two attached hydrogens (primary N) is 1. The molecule has 0 aliphatic carbocycles. The van der Waals surface area contributed by atoms with Crippen molar-refractivity contribution in [2.75, 3.05) is 49.1 Å². The first-order chi connectivity index (χ1) is 18.4. The van der Waals surface area contributed by atoms with E-state index in [1.54, 1.807) is 12.4 Å². The van der Waals surface area contributed by atoms with Gasteiger partial charge in [-0.25, -0.2) is 9.97 Å². The standard InChI is InChI=1S/C27H42N8O3/c1-18(2)25-31-27(38-32-25)33-11-7-20(8-12-33)19(3)9-13-37-21-14-29-26(30-15-21)34-16-22(28)23(17-34)35-10-5-4-6-24(35)36/h14-15,18-20,22-23H,4-13,16-17,28H2,1-3H3/t19-,22+,23+/m1/s1. The summed E-state index contributed by atoms with van der Waals surface area (Å²) < 4.78 is 11.5. The Morgan fingerprint density at radius 1 is 1.08 bits per heavy atom. The van der Waals surface area contributed by atoms with Crippen molar-refractivity contribution in [3.8, 4) is 5.75 Å². The van der Waals surface area contributed by atoms with Crippen LogP contribution in [0.4, 0.5) is 12.0 Å². The molecule has 3 atom stereocenters. The van der Waals surface area contributed by atoms with Gasteiger partial charge in [-0.2, -0.15) is 4.98 Å². The summed E-state index contributed by atoms with van der Waals surface area (Å²) in [5, 5.41) is 4.09. The molecule has 3 fully saturated rings. The third-order valence-corrected chi connectivity index (χ3v) is 8.39. The topological polar surface area (TPSA) is 127 Å². The zero-order valence-electron chi connectivity index (χ0n) is 23.0. The molecule has 11 nitrogen and oxygen atoms in total. The molecular weight excluding hydrogens is 484 g/mol. The minimum atomic E-state index is -0.0885. The van der Waals surface area contributed by atoms with Crippen LogP contribution in [0.2, 0.25) is 0 Å². The molecule has 11 heteroatoms. The van der Waals surface area contributed by atoms with Crippen molar-refractivity contribution in [2.24, 2.45) is 17.6 Å². The number of carbonyl (C=O) groups is 1. The van der Waals surface area contributed by atoms with Gasteiger partial charge in [0, 0.05) is 51.1 Å². The second kappa shape index (κ2) is 11.8. The lowest BCUT2D eigenvalue weighted by Crippen LogP contribution is -2.51. The first-order valence-electron chi connectivity index (χ1n) is 14.2. The predicted octanol–water partition coefficient (Wildman–Crippen LogP) is 2.83. The van der Waals surface area contributed by atoms with E-state index >= 15 is 0 Å². The smallest absolute Gasteiger partial charge is 0.324 e. The largest absolute Gasteiger partial charge is 0.490 e. The van der Waals surface area contributed by atoms with E-state index in [4.69, 9.17) is 15.0 Å². The van der Waals surface area contributed by atoms with Gasteiger partial charge in [0.25, 0.3) is 0 Å². The third kappa shape index (κ3) is 6.03. The Balaban J connectivity index is 1.04. The molecule has 3 aliphatic heterocycles. The monoisotopic (exact) mass is 526 g/mol. The zero-order valence-corrected chi connectivity index (χ0v) is 23.0. The van der Waals surface area contributed by atoms with Crippen molar-refractivity contribution in [2.45, 2.75) is 77.3 Å². The summed E-state index contributed by atoms with van der Waals surface area (Å²) in [5.41, 5.74) is 6.41. The van der Waals surface area contributed by atoms with Gasteiger partial charge in [-0.05, 0) is 43.9 Å². The molecule has 3 aliphatic rings. The maximum absolute atomic E-state index is 12.4. The van der Waals surface area contributed by atoms with Crippen molar-refractivity contribution in [3.63, 3.8) is 0 Å². The number of anilines is 2. The summed E-state index contributed by atoms with van der Waals surface area (Å²) >= 11 is 0. The van der Waals surface area contributed by atoms with E-state index < -0.39 is 0 Å². The van der Waals surface area contributed by atoms with Crippen molar-refractivity contribution < 1.29 is 14.1 Å². The summed E-state index contributed by atoms with van der Waals surface area (Å²) in [6.45, 7) is 11.1. The summed E-state index contributed by atoms with van der Waals surface area (Å²) in [4.78, 5) is 32.2. The second-order valence-corrected chi connectivity index (χ2v) is 11.4. The number of hydrogen-bond donors (Lipinski definition) is 1. The molecule has 0 aromatic carbocycles. The Hall–Kier alpha value is -2.95. The van der Waals surface area contributed by atoms with E-state index in [-0.39, 0.29) is 23.9 Å². The predicted molar refractivity (Wildman–Crippen MR) is 144 cm³/mol. The van der Waals surface area contributed by atoms with Crippen LogP contribution in [0.1, 0.15) is 71.0 Å². The van der Waals surface area contributed by atoms with E-state index in [0.717, 1.165) is 57.6 Å². The maximum atomic E-state index is 12.4. The highest BCUT2D eigenvalue weighted by Crippen LogP contribution is 2.30. The molecule has 0 spiro atoms. The molecule has 2 aromatic heterocycles. The highest BCUT2D eigenvalue weighted by Gasteiger charge is 2.38. The molecule has 0 bridgehead atoms. The summed E-state index contributed by atoms with van der Waals surface area (Å²) in [6.07, 6.45) is 9.35. The van der Waals surface area contributed by atoms with Crippen LogP contribution in [0.5, 0.6) is 5.75 Å². The fourth-order valence-corrected chi connectivity index (χ4v) is 5.88. The van der Waals surface area contributed by atoms with Gasteiger partial charge in [-0.3, -0.25) is 4.79 Å². The molecule has 38 heavy (non-hydrogen) atoms. The van der Waals surface area contributed by atoms with Gasteiger partial charge in [-0.15, -0.1) is 0 Å². The van der Waals surface area contributed by atoms with Crippen molar-refractivity contribution in [3.05, 3.63) is 18.2 Å². The van der Waals surface area contributed by atoms with Crippen LogP contribution in [0.15, 0.2) is 16.9 Å². The molecule has 208 valence electrons. The van der Waals surface area contributed by atoms with Gasteiger partial charge in [0.1, 0.15) is 0 Å². The van der Waals surface area contributed by atoms with Gasteiger partial charge in [0.15, 0.2) is 11.6 Å². The van der Waals surface area contributed by atoms with Gasteiger partial charge < -0.3 is 29.7 Å².